The second kappa shape index (κ2) is 4.29. The van der Waals surface area contributed by atoms with Gasteiger partial charge in [0.05, 0.1) is 16.4 Å². The third-order valence-electron chi connectivity index (χ3n) is 2.20. The maximum Gasteiger partial charge on any atom is 0.357 e. The molecule has 7 nitrogen and oxygen atoms in total. The third kappa shape index (κ3) is 2.52. The van der Waals surface area contributed by atoms with Gasteiger partial charge in [0.15, 0.2) is 0 Å². The molecule has 0 unspecified atom stereocenters. The molecule has 0 aliphatic carbocycles. The Bertz CT molecular complexity index is 543. The van der Waals surface area contributed by atoms with Gasteiger partial charge in [0.2, 0.25) is 0 Å². The van der Waals surface area contributed by atoms with Crippen LogP contribution in [0.4, 0.5) is 0 Å². The van der Waals surface area contributed by atoms with Gasteiger partial charge in [-0.1, -0.05) is 0 Å². The Hall–Kier alpha value is -1.69. The fourth-order valence-electron chi connectivity index (χ4n) is 1.44. The van der Waals surface area contributed by atoms with Crippen LogP contribution in [0.1, 0.15) is 26.3 Å². The molecule has 0 aliphatic heterocycles. The van der Waals surface area contributed by atoms with Crippen molar-refractivity contribution in [2.75, 3.05) is 0 Å². The number of rotatable bonds is 3. The fourth-order valence-corrected chi connectivity index (χ4v) is 2.27. The molecule has 0 saturated heterocycles. The Morgan fingerprint density at radius 3 is 2.00 bits per heavy atom. The van der Waals surface area contributed by atoms with E-state index in [2.05, 4.69) is 0 Å². The highest BCUT2D eigenvalue weighted by atomic mass is 31.2. The highest BCUT2D eigenvalue weighted by molar-refractivity contribution is 7.60. The maximum atomic E-state index is 11.1. The zero-order valence-electron chi connectivity index (χ0n) is 8.62. The summed E-state index contributed by atoms with van der Waals surface area (Å²) in [5.74, 6) is -2.94. The van der Waals surface area contributed by atoms with Gasteiger partial charge in [0.1, 0.15) is 0 Å². The lowest BCUT2D eigenvalue weighted by Gasteiger charge is -2.12. The number of aromatic carboxylic acids is 2. The van der Waals surface area contributed by atoms with E-state index in [0.717, 1.165) is 12.1 Å². The van der Waals surface area contributed by atoms with Gasteiger partial charge in [-0.15, -0.1) is 0 Å². The predicted molar refractivity (Wildman–Crippen MR) is 56.8 cm³/mol. The molecule has 0 heterocycles. The maximum absolute atomic E-state index is 11.1. The molecule has 92 valence electrons. The Balaban J connectivity index is 3.69. The van der Waals surface area contributed by atoms with Crippen LogP contribution in [0.2, 0.25) is 0 Å². The summed E-state index contributed by atoms with van der Waals surface area (Å²) in [4.78, 5) is 39.6. The number of hydrogen-bond donors (Lipinski definition) is 4. The Morgan fingerprint density at radius 2 is 1.65 bits per heavy atom. The lowest BCUT2D eigenvalue weighted by molar-refractivity contribution is 0.0696. The smallest absolute Gasteiger partial charge is 0.357 e. The summed E-state index contributed by atoms with van der Waals surface area (Å²) in [5.41, 5.74) is -1.16. The van der Waals surface area contributed by atoms with Crippen molar-refractivity contribution in [2.24, 2.45) is 0 Å². The standard InChI is InChI=1S/C9H9O7P/c1-4-5(8(10)11)2-3-6(17(14,15)16)7(4)9(12)13/h2-3H,1H3,(H,10,11)(H,12,13)(H2,14,15,16). The molecule has 4 N–H and O–H groups in total. The van der Waals surface area contributed by atoms with Crippen LogP contribution in [0.5, 0.6) is 0 Å². The van der Waals surface area contributed by atoms with Crippen LogP contribution in [0.25, 0.3) is 0 Å². The number of benzene rings is 1. The largest absolute Gasteiger partial charge is 0.478 e. The van der Waals surface area contributed by atoms with Crippen LogP contribution < -0.4 is 5.30 Å². The lowest BCUT2D eigenvalue weighted by Crippen LogP contribution is -2.20. The van der Waals surface area contributed by atoms with E-state index in [9.17, 15) is 14.2 Å². The molecule has 0 fully saturated rings. The van der Waals surface area contributed by atoms with E-state index in [0.29, 0.717) is 0 Å². The summed E-state index contributed by atoms with van der Waals surface area (Å²) >= 11 is 0. The van der Waals surface area contributed by atoms with Gasteiger partial charge >= 0.3 is 19.5 Å². The summed E-state index contributed by atoms with van der Waals surface area (Å²) in [5, 5.41) is 17.0. The molecule has 17 heavy (non-hydrogen) atoms. The molecule has 0 aliphatic rings. The van der Waals surface area contributed by atoms with Crippen molar-refractivity contribution in [3.63, 3.8) is 0 Å². The minimum absolute atomic E-state index is 0.189. The number of carboxylic acid groups (broad SMARTS) is 2. The molecule has 0 bridgehead atoms. The van der Waals surface area contributed by atoms with Gasteiger partial charge in [-0.25, -0.2) is 9.59 Å². The second-order valence-electron chi connectivity index (χ2n) is 3.29. The number of carboxylic acids is 2. The van der Waals surface area contributed by atoms with Gasteiger partial charge in [0.25, 0.3) is 0 Å². The topological polar surface area (TPSA) is 132 Å². The van der Waals surface area contributed by atoms with E-state index in [1.165, 1.54) is 6.92 Å². The van der Waals surface area contributed by atoms with Crippen molar-refractivity contribution >= 4 is 24.8 Å². The minimum atomic E-state index is -4.76. The summed E-state index contributed by atoms with van der Waals surface area (Å²) < 4.78 is 11.1. The summed E-state index contributed by atoms with van der Waals surface area (Å²) in [7, 11) is -4.76. The molecule has 1 rings (SSSR count). The zero-order valence-corrected chi connectivity index (χ0v) is 9.51. The van der Waals surface area contributed by atoms with Gasteiger partial charge in [-0.05, 0) is 24.6 Å². The summed E-state index contributed by atoms with van der Waals surface area (Å²) in [6.45, 7) is 1.19. The second-order valence-corrected chi connectivity index (χ2v) is 4.86. The van der Waals surface area contributed by atoms with E-state index in [1.807, 2.05) is 0 Å². The molecule has 0 amide bonds. The van der Waals surface area contributed by atoms with Gasteiger partial charge in [-0.2, -0.15) is 0 Å². The first-order chi connectivity index (χ1) is 7.66. The monoisotopic (exact) mass is 260 g/mol. The Kier molecular flexibility index (Phi) is 3.38. The van der Waals surface area contributed by atoms with E-state index in [4.69, 9.17) is 20.0 Å². The van der Waals surface area contributed by atoms with E-state index < -0.39 is 30.4 Å². The van der Waals surface area contributed by atoms with Crippen molar-refractivity contribution in [3.05, 3.63) is 28.8 Å². The molecule has 1 aromatic rings. The lowest BCUT2D eigenvalue weighted by atomic mass is 10.0. The predicted octanol–water partition coefficient (Wildman–Crippen LogP) is 0.194. The summed E-state index contributed by atoms with van der Waals surface area (Å²) in [6, 6.07) is 1.79. The van der Waals surface area contributed by atoms with Crippen LogP contribution in [0.3, 0.4) is 0 Å². The normalized spacial score (nSPS) is 11.2. The Morgan fingerprint density at radius 1 is 1.12 bits per heavy atom. The van der Waals surface area contributed by atoms with Gasteiger partial charge in [0, 0.05) is 0 Å². The van der Waals surface area contributed by atoms with Crippen LogP contribution in [-0.4, -0.2) is 31.9 Å². The zero-order chi connectivity index (χ0) is 13.4. The van der Waals surface area contributed by atoms with Crippen molar-refractivity contribution in [1.82, 2.24) is 0 Å². The van der Waals surface area contributed by atoms with Crippen molar-refractivity contribution in [1.29, 1.82) is 0 Å². The van der Waals surface area contributed by atoms with Crippen LogP contribution >= 0.6 is 7.60 Å². The molecule has 0 aromatic heterocycles. The summed E-state index contributed by atoms with van der Waals surface area (Å²) in [6.07, 6.45) is 0. The highest BCUT2D eigenvalue weighted by Crippen LogP contribution is 2.36. The Labute approximate surface area is 95.5 Å². The van der Waals surface area contributed by atoms with Crippen LogP contribution in [0, 0.1) is 6.92 Å². The van der Waals surface area contributed by atoms with Gasteiger partial charge < -0.3 is 20.0 Å². The quantitative estimate of drug-likeness (QED) is 0.570. The molecule has 1 aromatic carbocycles. The van der Waals surface area contributed by atoms with Gasteiger partial charge in [-0.3, -0.25) is 4.57 Å². The van der Waals surface area contributed by atoms with Crippen LogP contribution in [0.15, 0.2) is 12.1 Å². The third-order valence-corrected chi connectivity index (χ3v) is 3.20. The molecular formula is C9H9O7P. The first kappa shape index (κ1) is 13.4. The van der Waals surface area contributed by atoms with Crippen molar-refractivity contribution in [2.45, 2.75) is 6.92 Å². The van der Waals surface area contributed by atoms with E-state index >= 15 is 0 Å². The highest BCUT2D eigenvalue weighted by Gasteiger charge is 2.28. The molecule has 0 atom stereocenters. The van der Waals surface area contributed by atoms with Crippen LogP contribution in [-0.2, 0) is 4.57 Å². The molecule has 8 heteroatoms. The first-order valence-corrected chi connectivity index (χ1v) is 5.93. The molecule has 0 spiro atoms. The van der Waals surface area contributed by atoms with E-state index in [1.54, 1.807) is 0 Å². The first-order valence-electron chi connectivity index (χ1n) is 4.32. The minimum Gasteiger partial charge on any atom is -0.478 e. The SMILES string of the molecule is Cc1c(C(=O)O)ccc(P(=O)(O)O)c1C(=O)O. The van der Waals surface area contributed by atoms with E-state index in [-0.39, 0.29) is 11.1 Å². The number of carbonyl (C=O) groups is 2. The average molecular weight is 260 g/mol. The fraction of sp³-hybridized carbons (Fsp3) is 0.111. The number of hydrogen-bond acceptors (Lipinski definition) is 3. The average Bonchev–Trinajstić information content (AvgIpc) is 2.14. The molecule has 0 saturated carbocycles. The molecular weight excluding hydrogens is 251 g/mol. The molecule has 0 radical (unpaired) electrons. The van der Waals surface area contributed by atoms with Crippen molar-refractivity contribution < 1.29 is 34.2 Å². The van der Waals surface area contributed by atoms with Crippen molar-refractivity contribution in [3.8, 4) is 0 Å².